The smallest absolute Gasteiger partial charge is 0.0758 e. The molecule has 0 fully saturated rings. The van der Waals surface area contributed by atoms with Crippen LogP contribution < -0.4 is 0 Å². The lowest BCUT2D eigenvalue weighted by molar-refractivity contribution is 0.192. The summed E-state index contributed by atoms with van der Waals surface area (Å²) in [6.45, 7) is 0. The van der Waals surface area contributed by atoms with E-state index in [1.807, 2.05) is 18.2 Å². The molecule has 1 N–H and O–H groups in total. The van der Waals surface area contributed by atoms with E-state index in [9.17, 15) is 5.11 Å². The molecule has 1 aliphatic carbocycles. The average Bonchev–Trinajstić information content (AvgIpc) is 2.29. The van der Waals surface area contributed by atoms with Gasteiger partial charge >= 0.3 is 0 Å². The third kappa shape index (κ3) is 3.11. The van der Waals surface area contributed by atoms with E-state index in [1.54, 1.807) is 11.8 Å². The molecule has 1 atom stereocenters. The Kier molecular flexibility index (Phi) is 3.87. The number of rotatable bonds is 3. The van der Waals surface area contributed by atoms with Crippen molar-refractivity contribution in [3.63, 3.8) is 0 Å². The second-order valence-electron chi connectivity index (χ2n) is 3.83. The molecule has 80 valence electrons. The zero-order valence-corrected chi connectivity index (χ0v) is 9.54. The van der Waals surface area contributed by atoms with E-state index in [-0.39, 0.29) is 6.10 Å². The first kappa shape index (κ1) is 10.8. The number of aliphatic hydroxyl groups is 1. The second-order valence-corrected chi connectivity index (χ2v) is 4.88. The quantitative estimate of drug-likeness (QED) is 0.623. The van der Waals surface area contributed by atoms with Gasteiger partial charge in [0, 0.05) is 10.6 Å². The Morgan fingerprint density at radius 1 is 1.27 bits per heavy atom. The molecule has 0 aliphatic heterocycles. The molecule has 0 saturated carbocycles. The summed E-state index contributed by atoms with van der Waals surface area (Å²) in [6, 6.07) is 10.3. The average molecular weight is 220 g/mol. The van der Waals surface area contributed by atoms with Crippen LogP contribution in [0.4, 0.5) is 0 Å². The van der Waals surface area contributed by atoms with E-state index in [1.165, 1.54) is 10.5 Å². The molecule has 1 aliphatic rings. The Labute approximate surface area is 95.2 Å². The monoisotopic (exact) mass is 220 g/mol. The molecule has 0 aromatic heterocycles. The Morgan fingerprint density at radius 3 is 2.80 bits per heavy atom. The van der Waals surface area contributed by atoms with Crippen LogP contribution in [-0.4, -0.2) is 17.0 Å². The summed E-state index contributed by atoms with van der Waals surface area (Å²) >= 11 is 1.80. The molecular weight excluding hydrogens is 204 g/mol. The summed E-state index contributed by atoms with van der Waals surface area (Å²) in [7, 11) is 0. The zero-order valence-electron chi connectivity index (χ0n) is 8.73. The van der Waals surface area contributed by atoms with Gasteiger partial charge in [0.25, 0.3) is 0 Å². The Morgan fingerprint density at radius 2 is 2.07 bits per heavy atom. The van der Waals surface area contributed by atoms with Gasteiger partial charge in [-0.15, -0.1) is 11.8 Å². The van der Waals surface area contributed by atoms with E-state index >= 15 is 0 Å². The first-order valence-electron chi connectivity index (χ1n) is 5.41. The molecule has 0 bridgehead atoms. The maximum absolute atomic E-state index is 9.77. The predicted octanol–water partition coefficient (Wildman–Crippen LogP) is 3.25. The van der Waals surface area contributed by atoms with Crippen molar-refractivity contribution in [3.05, 3.63) is 42.0 Å². The van der Waals surface area contributed by atoms with Crippen molar-refractivity contribution in [2.45, 2.75) is 30.3 Å². The molecule has 0 radical (unpaired) electrons. The largest absolute Gasteiger partial charge is 0.389 e. The molecular formula is C13H16OS. The summed E-state index contributed by atoms with van der Waals surface area (Å²) in [4.78, 5) is 1.27. The van der Waals surface area contributed by atoms with Crippen molar-refractivity contribution in [2.24, 2.45) is 0 Å². The van der Waals surface area contributed by atoms with Crippen molar-refractivity contribution < 1.29 is 5.11 Å². The molecule has 15 heavy (non-hydrogen) atoms. The maximum atomic E-state index is 9.77. The van der Waals surface area contributed by atoms with Crippen molar-refractivity contribution in [1.82, 2.24) is 0 Å². The van der Waals surface area contributed by atoms with Crippen LogP contribution in [0.2, 0.25) is 0 Å². The first-order chi connectivity index (χ1) is 7.36. The Bertz CT molecular complexity index is 332. The van der Waals surface area contributed by atoms with E-state index in [0.29, 0.717) is 0 Å². The van der Waals surface area contributed by atoms with E-state index in [0.717, 1.165) is 25.0 Å². The van der Waals surface area contributed by atoms with E-state index in [2.05, 4.69) is 18.2 Å². The van der Waals surface area contributed by atoms with Crippen molar-refractivity contribution in [2.75, 3.05) is 5.75 Å². The topological polar surface area (TPSA) is 20.2 Å². The molecule has 2 rings (SSSR count). The van der Waals surface area contributed by atoms with Crippen LogP contribution in [0, 0.1) is 0 Å². The van der Waals surface area contributed by atoms with Crippen LogP contribution in [0.15, 0.2) is 46.9 Å². The predicted molar refractivity (Wildman–Crippen MR) is 65.1 cm³/mol. The lowest BCUT2D eigenvalue weighted by atomic mass is 9.98. The number of allylic oxidation sites excluding steroid dienone is 1. The summed E-state index contributed by atoms with van der Waals surface area (Å²) < 4.78 is 0. The summed E-state index contributed by atoms with van der Waals surface area (Å²) in [5.41, 5.74) is 1.20. The summed E-state index contributed by atoms with van der Waals surface area (Å²) in [5, 5.41) is 9.77. The third-order valence-corrected chi connectivity index (χ3v) is 3.75. The zero-order chi connectivity index (χ0) is 10.5. The van der Waals surface area contributed by atoms with Gasteiger partial charge in [-0.1, -0.05) is 24.3 Å². The lowest BCUT2D eigenvalue weighted by Crippen LogP contribution is -2.15. The molecule has 1 nitrogen and oxygen atoms in total. The summed E-state index contributed by atoms with van der Waals surface area (Å²) in [6.07, 6.45) is 5.18. The molecule has 1 aromatic carbocycles. The molecule has 0 saturated heterocycles. The minimum absolute atomic E-state index is 0.199. The Hall–Kier alpha value is -0.730. The van der Waals surface area contributed by atoms with Gasteiger partial charge in [-0.2, -0.15) is 0 Å². The van der Waals surface area contributed by atoms with Crippen molar-refractivity contribution in [3.8, 4) is 0 Å². The van der Waals surface area contributed by atoms with Crippen LogP contribution in [0.25, 0.3) is 0 Å². The second kappa shape index (κ2) is 5.38. The third-order valence-electron chi connectivity index (χ3n) is 2.66. The van der Waals surface area contributed by atoms with Crippen LogP contribution in [-0.2, 0) is 0 Å². The van der Waals surface area contributed by atoms with Crippen LogP contribution in [0.1, 0.15) is 19.3 Å². The molecule has 0 amide bonds. The van der Waals surface area contributed by atoms with Gasteiger partial charge in [0.15, 0.2) is 0 Å². The Balaban J connectivity index is 1.90. The number of benzene rings is 1. The van der Waals surface area contributed by atoms with E-state index in [4.69, 9.17) is 0 Å². The number of hydrogen-bond donors (Lipinski definition) is 1. The van der Waals surface area contributed by atoms with Gasteiger partial charge in [0.2, 0.25) is 0 Å². The maximum Gasteiger partial charge on any atom is 0.0758 e. The molecule has 0 spiro atoms. The highest BCUT2D eigenvalue weighted by Gasteiger charge is 2.14. The van der Waals surface area contributed by atoms with Gasteiger partial charge in [0.1, 0.15) is 0 Å². The highest BCUT2D eigenvalue weighted by atomic mass is 32.2. The van der Waals surface area contributed by atoms with Gasteiger partial charge < -0.3 is 5.11 Å². The molecule has 1 aromatic rings. The fourth-order valence-electron chi connectivity index (χ4n) is 1.76. The fourth-order valence-corrected chi connectivity index (χ4v) is 2.75. The lowest BCUT2D eigenvalue weighted by Gasteiger charge is -2.18. The minimum Gasteiger partial charge on any atom is -0.389 e. The van der Waals surface area contributed by atoms with Crippen LogP contribution in [0.5, 0.6) is 0 Å². The fraction of sp³-hybridized carbons (Fsp3) is 0.385. The first-order valence-corrected chi connectivity index (χ1v) is 6.39. The van der Waals surface area contributed by atoms with Gasteiger partial charge in [-0.25, -0.2) is 0 Å². The van der Waals surface area contributed by atoms with Crippen LogP contribution >= 0.6 is 11.8 Å². The minimum atomic E-state index is -0.199. The van der Waals surface area contributed by atoms with Gasteiger partial charge in [-0.05, 0) is 37.0 Å². The SMILES string of the molecule is OC1CCCC=C1CSc1ccccc1. The highest BCUT2D eigenvalue weighted by Crippen LogP contribution is 2.25. The molecule has 1 unspecified atom stereocenters. The number of aliphatic hydroxyl groups excluding tert-OH is 1. The van der Waals surface area contributed by atoms with Crippen molar-refractivity contribution in [1.29, 1.82) is 0 Å². The summed E-state index contributed by atoms with van der Waals surface area (Å²) in [5.74, 6) is 0.922. The van der Waals surface area contributed by atoms with Gasteiger partial charge in [0.05, 0.1) is 6.10 Å². The standard InChI is InChI=1S/C13H16OS/c14-13-9-5-4-6-11(13)10-15-12-7-2-1-3-8-12/h1-3,6-8,13-14H,4-5,9-10H2. The van der Waals surface area contributed by atoms with Crippen molar-refractivity contribution >= 4 is 11.8 Å². The van der Waals surface area contributed by atoms with Gasteiger partial charge in [-0.3, -0.25) is 0 Å². The molecule has 0 heterocycles. The number of thioether (sulfide) groups is 1. The number of hydrogen-bond acceptors (Lipinski definition) is 2. The molecule has 2 heteroatoms. The normalized spacial score (nSPS) is 21.1. The highest BCUT2D eigenvalue weighted by molar-refractivity contribution is 7.99. The van der Waals surface area contributed by atoms with Crippen LogP contribution in [0.3, 0.4) is 0 Å². The van der Waals surface area contributed by atoms with E-state index < -0.39 is 0 Å².